The number of hydrogen-bond acceptors (Lipinski definition) is 6. The van der Waals surface area contributed by atoms with Gasteiger partial charge in [0, 0.05) is 35.6 Å². The van der Waals surface area contributed by atoms with Crippen LogP contribution in [0.4, 0.5) is 5.69 Å². The summed E-state index contributed by atoms with van der Waals surface area (Å²) >= 11 is 3.18. The van der Waals surface area contributed by atoms with Crippen molar-refractivity contribution in [1.29, 1.82) is 0 Å². The van der Waals surface area contributed by atoms with Crippen LogP contribution in [0.15, 0.2) is 41.7 Å². The summed E-state index contributed by atoms with van der Waals surface area (Å²) in [6, 6.07) is 10.5. The Balaban J connectivity index is 1.28. The topological polar surface area (TPSA) is 58.1 Å². The zero-order valence-electron chi connectivity index (χ0n) is 16.1. The van der Waals surface area contributed by atoms with Gasteiger partial charge in [0.1, 0.15) is 16.2 Å². The highest BCUT2D eigenvalue weighted by Gasteiger charge is 2.23. The lowest BCUT2D eigenvalue weighted by molar-refractivity contribution is -0.118. The van der Waals surface area contributed by atoms with Gasteiger partial charge in [0.2, 0.25) is 5.91 Å². The lowest BCUT2D eigenvalue weighted by atomic mass is 10.1. The molecular formula is C21H24N4OS2. The van der Waals surface area contributed by atoms with E-state index in [1.54, 1.807) is 17.7 Å². The number of para-hydroxylation sites is 1. The number of benzene rings is 1. The third-order valence-corrected chi connectivity index (χ3v) is 7.37. The maximum Gasteiger partial charge on any atom is 0.230 e. The number of fused-ring (bicyclic) bond motifs is 1. The van der Waals surface area contributed by atoms with Gasteiger partial charge in [-0.15, -0.1) is 11.3 Å². The molecule has 28 heavy (non-hydrogen) atoms. The van der Waals surface area contributed by atoms with E-state index in [1.807, 2.05) is 6.07 Å². The first-order valence-electron chi connectivity index (χ1n) is 9.52. The van der Waals surface area contributed by atoms with E-state index in [0.29, 0.717) is 11.7 Å². The molecule has 3 heterocycles. The van der Waals surface area contributed by atoms with E-state index in [1.165, 1.54) is 27.9 Å². The molecule has 1 atom stereocenters. The minimum absolute atomic E-state index is 0.0690. The molecule has 1 aromatic carbocycles. The summed E-state index contributed by atoms with van der Waals surface area (Å²) in [7, 11) is 0. The van der Waals surface area contributed by atoms with Crippen molar-refractivity contribution < 1.29 is 4.79 Å². The molecule has 1 amide bonds. The van der Waals surface area contributed by atoms with Gasteiger partial charge in [0.05, 0.1) is 5.75 Å². The molecule has 3 aromatic rings. The minimum atomic E-state index is 0.0690. The monoisotopic (exact) mass is 412 g/mol. The number of anilines is 1. The number of carbonyl (C=O) groups excluding carboxylic acids is 1. The third kappa shape index (κ3) is 4.15. The van der Waals surface area contributed by atoms with Crippen molar-refractivity contribution in [2.24, 2.45) is 5.92 Å². The standard InChI is InChI=1S/C21H24N4OS2/c1-14-15(2)28-21-19(14)20(23-13-24-21)27-12-18(26)22-10-16-8-9-25(11-16)17-6-4-3-5-7-17/h3-7,13,16H,8-12H2,1-2H3,(H,22,26). The average molecular weight is 413 g/mol. The number of rotatable bonds is 6. The van der Waals surface area contributed by atoms with Gasteiger partial charge in [0.15, 0.2) is 0 Å². The molecule has 5 nitrogen and oxygen atoms in total. The summed E-state index contributed by atoms with van der Waals surface area (Å²) in [6.45, 7) is 6.98. The van der Waals surface area contributed by atoms with Crippen LogP contribution in [0.25, 0.3) is 10.2 Å². The van der Waals surface area contributed by atoms with Crippen LogP contribution in [0.1, 0.15) is 16.9 Å². The Bertz CT molecular complexity index is 973. The molecule has 1 unspecified atom stereocenters. The highest BCUT2D eigenvalue weighted by atomic mass is 32.2. The summed E-state index contributed by atoms with van der Waals surface area (Å²) in [6.07, 6.45) is 2.71. The van der Waals surface area contributed by atoms with Crippen molar-refractivity contribution in [2.45, 2.75) is 25.3 Å². The second-order valence-electron chi connectivity index (χ2n) is 7.17. The van der Waals surface area contributed by atoms with Crippen LogP contribution in [0, 0.1) is 19.8 Å². The number of thiophene rings is 1. The second kappa shape index (κ2) is 8.49. The molecule has 146 valence electrons. The Morgan fingerprint density at radius 3 is 2.93 bits per heavy atom. The van der Waals surface area contributed by atoms with Crippen LogP contribution < -0.4 is 10.2 Å². The fourth-order valence-corrected chi connectivity index (χ4v) is 5.52. The van der Waals surface area contributed by atoms with E-state index in [2.05, 4.69) is 58.3 Å². The van der Waals surface area contributed by atoms with E-state index >= 15 is 0 Å². The highest BCUT2D eigenvalue weighted by Crippen LogP contribution is 2.34. The predicted octanol–water partition coefficient (Wildman–Crippen LogP) is 4.04. The van der Waals surface area contributed by atoms with Crippen molar-refractivity contribution in [2.75, 3.05) is 30.3 Å². The molecule has 1 aliphatic rings. The number of carbonyl (C=O) groups is 1. The lowest BCUT2D eigenvalue weighted by Gasteiger charge is -2.18. The molecule has 1 N–H and O–H groups in total. The first-order valence-corrected chi connectivity index (χ1v) is 11.3. The van der Waals surface area contributed by atoms with Gasteiger partial charge in [-0.3, -0.25) is 4.79 Å². The van der Waals surface area contributed by atoms with Crippen LogP contribution >= 0.6 is 23.1 Å². The summed E-state index contributed by atoms with van der Waals surface area (Å²) in [5.41, 5.74) is 2.48. The Morgan fingerprint density at radius 2 is 2.11 bits per heavy atom. The number of aromatic nitrogens is 2. The fraction of sp³-hybridized carbons (Fsp3) is 0.381. The Hall–Kier alpha value is -2.12. The molecule has 1 fully saturated rings. The normalized spacial score (nSPS) is 16.6. The average Bonchev–Trinajstić information content (AvgIpc) is 3.30. The Kier molecular flexibility index (Phi) is 5.82. The van der Waals surface area contributed by atoms with E-state index in [9.17, 15) is 4.79 Å². The van der Waals surface area contributed by atoms with Crippen molar-refractivity contribution in [3.8, 4) is 0 Å². The molecule has 0 radical (unpaired) electrons. The summed E-state index contributed by atoms with van der Waals surface area (Å²) in [5.74, 6) is 0.955. The first-order chi connectivity index (χ1) is 13.6. The molecule has 1 aliphatic heterocycles. The molecule has 0 spiro atoms. The predicted molar refractivity (Wildman–Crippen MR) is 117 cm³/mol. The van der Waals surface area contributed by atoms with Crippen molar-refractivity contribution in [3.63, 3.8) is 0 Å². The number of hydrogen-bond donors (Lipinski definition) is 1. The number of thioether (sulfide) groups is 1. The molecule has 2 aromatic heterocycles. The van der Waals surface area contributed by atoms with Crippen LogP contribution in [0.5, 0.6) is 0 Å². The van der Waals surface area contributed by atoms with Crippen LogP contribution in [0.2, 0.25) is 0 Å². The van der Waals surface area contributed by atoms with Crippen LogP contribution in [-0.2, 0) is 4.79 Å². The van der Waals surface area contributed by atoms with E-state index in [4.69, 9.17) is 0 Å². The van der Waals surface area contributed by atoms with Gasteiger partial charge in [-0.25, -0.2) is 9.97 Å². The zero-order valence-corrected chi connectivity index (χ0v) is 17.8. The van der Waals surface area contributed by atoms with Crippen molar-refractivity contribution in [1.82, 2.24) is 15.3 Å². The maximum absolute atomic E-state index is 12.4. The third-order valence-electron chi connectivity index (χ3n) is 5.27. The van der Waals surface area contributed by atoms with Gasteiger partial charge < -0.3 is 10.2 Å². The van der Waals surface area contributed by atoms with E-state index < -0.39 is 0 Å². The maximum atomic E-state index is 12.4. The number of nitrogens with zero attached hydrogens (tertiary/aromatic N) is 3. The van der Waals surface area contributed by atoms with Gasteiger partial charge >= 0.3 is 0 Å². The van der Waals surface area contributed by atoms with Crippen LogP contribution in [-0.4, -0.2) is 41.3 Å². The Morgan fingerprint density at radius 1 is 1.29 bits per heavy atom. The SMILES string of the molecule is Cc1sc2ncnc(SCC(=O)NCC3CCN(c4ccccc4)C3)c2c1C. The minimum Gasteiger partial charge on any atom is -0.371 e. The molecule has 0 bridgehead atoms. The smallest absolute Gasteiger partial charge is 0.230 e. The Labute approximate surface area is 173 Å². The van der Waals surface area contributed by atoms with Crippen molar-refractivity contribution in [3.05, 3.63) is 47.1 Å². The van der Waals surface area contributed by atoms with E-state index in [0.717, 1.165) is 41.3 Å². The quantitative estimate of drug-likeness (QED) is 0.489. The highest BCUT2D eigenvalue weighted by molar-refractivity contribution is 8.00. The molecule has 7 heteroatoms. The first kappa shape index (κ1) is 19.2. The van der Waals surface area contributed by atoms with Gasteiger partial charge in [-0.05, 0) is 43.9 Å². The molecule has 0 aliphatic carbocycles. The van der Waals surface area contributed by atoms with Gasteiger partial charge in [0.25, 0.3) is 0 Å². The summed E-state index contributed by atoms with van der Waals surface area (Å²) in [5, 5.41) is 5.10. The molecule has 4 rings (SSSR count). The number of aryl methyl sites for hydroxylation is 2. The number of amides is 1. The summed E-state index contributed by atoms with van der Waals surface area (Å²) in [4.78, 5) is 25.8. The van der Waals surface area contributed by atoms with Gasteiger partial charge in [-0.2, -0.15) is 0 Å². The largest absolute Gasteiger partial charge is 0.371 e. The molecule has 1 saturated heterocycles. The fourth-order valence-electron chi connectivity index (χ4n) is 3.58. The van der Waals surface area contributed by atoms with E-state index in [-0.39, 0.29) is 5.91 Å². The molecular weight excluding hydrogens is 388 g/mol. The zero-order chi connectivity index (χ0) is 19.5. The molecule has 0 saturated carbocycles. The summed E-state index contributed by atoms with van der Waals surface area (Å²) < 4.78 is 0. The number of nitrogens with one attached hydrogen (secondary N) is 1. The second-order valence-corrected chi connectivity index (χ2v) is 9.34. The van der Waals surface area contributed by atoms with Gasteiger partial charge in [-0.1, -0.05) is 30.0 Å². The van der Waals surface area contributed by atoms with Crippen LogP contribution in [0.3, 0.4) is 0 Å². The van der Waals surface area contributed by atoms with Crippen molar-refractivity contribution >= 4 is 44.9 Å². The lowest BCUT2D eigenvalue weighted by Crippen LogP contribution is -2.32.